The fourth-order valence-corrected chi connectivity index (χ4v) is 4.02. The molecule has 4 nitrogen and oxygen atoms in total. The molecule has 6 heteroatoms. The Morgan fingerprint density at radius 2 is 2.06 bits per heavy atom. The number of hydrogen-bond acceptors (Lipinski definition) is 3. The third-order valence-electron chi connectivity index (χ3n) is 2.12. The molecule has 0 radical (unpaired) electrons. The van der Waals surface area contributed by atoms with Crippen LogP contribution in [0.2, 0.25) is 0 Å². The van der Waals surface area contributed by atoms with Crippen molar-refractivity contribution in [3.63, 3.8) is 0 Å². The average Bonchev–Trinajstić information content (AvgIpc) is 2.24. The van der Waals surface area contributed by atoms with Gasteiger partial charge in [0.1, 0.15) is 5.75 Å². The number of para-hydroxylation sites is 1. The van der Waals surface area contributed by atoms with E-state index in [4.69, 9.17) is 14.5 Å². The topological polar surface area (TPSA) is 66.8 Å². The van der Waals surface area contributed by atoms with Crippen LogP contribution in [0.4, 0.5) is 0 Å². The van der Waals surface area contributed by atoms with E-state index < -0.39 is 6.80 Å². The quantitative estimate of drug-likeness (QED) is 0.798. The summed E-state index contributed by atoms with van der Waals surface area (Å²) >= 11 is 0.671. The highest BCUT2D eigenvalue weighted by molar-refractivity contribution is 8.54. The molecule has 2 N–H and O–H groups in total. The summed E-state index contributed by atoms with van der Waals surface area (Å²) in [6, 6.07) is 7.28. The summed E-state index contributed by atoms with van der Waals surface area (Å²) in [4.78, 5) is 18.0. The first-order chi connectivity index (χ1) is 7.48. The predicted molar refractivity (Wildman–Crippen MR) is 65.7 cm³/mol. The highest BCUT2D eigenvalue weighted by Crippen LogP contribution is 2.59. The van der Waals surface area contributed by atoms with Gasteiger partial charge in [-0.2, -0.15) is 0 Å². The maximum atomic E-state index is 11.0. The van der Waals surface area contributed by atoms with Crippen molar-refractivity contribution in [3.05, 3.63) is 29.8 Å². The van der Waals surface area contributed by atoms with Crippen molar-refractivity contribution in [2.45, 2.75) is 18.6 Å². The molecule has 0 bridgehead atoms. The van der Waals surface area contributed by atoms with Crippen LogP contribution < -0.4 is 4.74 Å². The predicted octanol–water partition coefficient (Wildman–Crippen LogP) is 2.97. The first-order valence-electron chi connectivity index (χ1n) is 4.84. The number of hydrogen-bond donors (Lipinski definition) is 2. The van der Waals surface area contributed by atoms with E-state index in [1.165, 1.54) is 0 Å². The van der Waals surface area contributed by atoms with Crippen molar-refractivity contribution in [1.82, 2.24) is 0 Å². The van der Waals surface area contributed by atoms with Crippen LogP contribution in [0.3, 0.4) is 0 Å². The van der Waals surface area contributed by atoms with Crippen molar-refractivity contribution in [1.29, 1.82) is 0 Å². The molecule has 16 heavy (non-hydrogen) atoms. The summed E-state index contributed by atoms with van der Waals surface area (Å²) in [5, 5.41) is -0.253. The van der Waals surface area contributed by atoms with Crippen LogP contribution in [-0.2, 0) is 4.57 Å². The first kappa shape index (κ1) is 13.6. The SMILES string of the molecule is CCC(SP(=O)(O)O)c1ccccc1OC. The Hall–Kier alpha value is -0.480. The minimum absolute atomic E-state index is 0.253. The minimum Gasteiger partial charge on any atom is -0.496 e. The first-order valence-corrected chi connectivity index (χ1v) is 7.94. The van der Waals surface area contributed by atoms with Gasteiger partial charge in [0.05, 0.1) is 7.11 Å². The zero-order valence-corrected chi connectivity index (χ0v) is 10.9. The van der Waals surface area contributed by atoms with E-state index in [1.54, 1.807) is 13.2 Å². The lowest BCUT2D eigenvalue weighted by molar-refractivity contribution is 0.396. The molecule has 1 aromatic rings. The maximum Gasteiger partial charge on any atom is 0.384 e. The van der Waals surface area contributed by atoms with Gasteiger partial charge >= 0.3 is 6.80 Å². The van der Waals surface area contributed by atoms with Crippen molar-refractivity contribution < 1.29 is 19.1 Å². The van der Waals surface area contributed by atoms with Gasteiger partial charge in [0, 0.05) is 10.8 Å². The van der Waals surface area contributed by atoms with Crippen LogP contribution in [0.25, 0.3) is 0 Å². The molecular formula is C10H15O4PS. The van der Waals surface area contributed by atoms with E-state index in [0.717, 1.165) is 5.56 Å². The molecule has 0 aliphatic rings. The molecule has 0 saturated heterocycles. The second-order valence-electron chi connectivity index (χ2n) is 3.23. The minimum atomic E-state index is -4.07. The van der Waals surface area contributed by atoms with E-state index in [2.05, 4.69) is 0 Å². The lowest BCUT2D eigenvalue weighted by atomic mass is 10.1. The largest absolute Gasteiger partial charge is 0.496 e. The van der Waals surface area contributed by atoms with Gasteiger partial charge in [-0.1, -0.05) is 25.1 Å². The monoisotopic (exact) mass is 262 g/mol. The molecular weight excluding hydrogens is 247 g/mol. The van der Waals surface area contributed by atoms with Crippen LogP contribution >= 0.6 is 18.2 Å². The second kappa shape index (κ2) is 5.73. The van der Waals surface area contributed by atoms with Crippen LogP contribution in [0.15, 0.2) is 24.3 Å². The lowest BCUT2D eigenvalue weighted by Crippen LogP contribution is -1.96. The normalized spacial score (nSPS) is 13.5. The highest BCUT2D eigenvalue weighted by atomic mass is 32.7. The van der Waals surface area contributed by atoms with Gasteiger partial charge in [-0.3, -0.25) is 0 Å². The summed E-state index contributed by atoms with van der Waals surface area (Å²) in [5.41, 5.74) is 0.820. The Balaban J connectivity index is 2.99. The molecule has 0 aliphatic heterocycles. The van der Waals surface area contributed by atoms with Crippen LogP contribution in [0.1, 0.15) is 24.2 Å². The van der Waals surface area contributed by atoms with Gasteiger partial charge < -0.3 is 14.5 Å². The average molecular weight is 262 g/mol. The smallest absolute Gasteiger partial charge is 0.384 e. The number of methoxy groups -OCH3 is 1. The molecule has 0 aliphatic carbocycles. The summed E-state index contributed by atoms with van der Waals surface area (Å²) in [7, 11) is 1.55. The Morgan fingerprint density at radius 3 is 2.56 bits per heavy atom. The number of ether oxygens (including phenoxy) is 1. The van der Waals surface area contributed by atoms with E-state index in [-0.39, 0.29) is 5.25 Å². The fourth-order valence-electron chi connectivity index (χ4n) is 1.45. The summed E-state index contributed by atoms with van der Waals surface area (Å²) < 4.78 is 16.2. The zero-order valence-electron chi connectivity index (χ0n) is 9.16. The van der Waals surface area contributed by atoms with Gasteiger partial charge in [0.2, 0.25) is 0 Å². The van der Waals surface area contributed by atoms with E-state index in [1.807, 2.05) is 25.1 Å². The third-order valence-corrected chi connectivity index (χ3v) is 4.82. The molecule has 0 spiro atoms. The summed E-state index contributed by atoms with van der Waals surface area (Å²) in [5.74, 6) is 0.662. The van der Waals surface area contributed by atoms with Crippen LogP contribution in [0.5, 0.6) is 5.75 Å². The molecule has 1 unspecified atom stereocenters. The van der Waals surface area contributed by atoms with Crippen molar-refractivity contribution in [2.24, 2.45) is 0 Å². The molecule has 0 heterocycles. The molecule has 1 aromatic carbocycles. The van der Waals surface area contributed by atoms with E-state index >= 15 is 0 Å². The fraction of sp³-hybridized carbons (Fsp3) is 0.400. The standard InChI is InChI=1S/C10H15O4PS/c1-3-10(16-15(11,12)13)8-6-4-5-7-9(8)14-2/h4-7,10H,3H2,1-2H3,(H2,11,12,13). The Bertz CT molecular complexity index is 390. The summed E-state index contributed by atoms with van der Waals surface area (Å²) in [6.07, 6.45) is 0.635. The molecule has 90 valence electrons. The van der Waals surface area contributed by atoms with Crippen molar-refractivity contribution >= 4 is 18.2 Å². The lowest BCUT2D eigenvalue weighted by Gasteiger charge is -2.17. The van der Waals surface area contributed by atoms with Gasteiger partial charge in [-0.25, -0.2) is 4.57 Å². The van der Waals surface area contributed by atoms with Gasteiger partial charge in [-0.15, -0.1) is 0 Å². The number of benzene rings is 1. The molecule has 1 atom stereocenters. The molecule has 0 aromatic heterocycles. The molecule has 0 fully saturated rings. The van der Waals surface area contributed by atoms with E-state index in [0.29, 0.717) is 23.6 Å². The third kappa shape index (κ3) is 3.83. The second-order valence-corrected chi connectivity index (χ2v) is 7.06. The molecule has 0 amide bonds. The van der Waals surface area contributed by atoms with Gasteiger partial charge in [-0.05, 0) is 23.9 Å². The molecule has 1 rings (SSSR count). The van der Waals surface area contributed by atoms with Gasteiger partial charge in [0.15, 0.2) is 0 Å². The van der Waals surface area contributed by atoms with Crippen LogP contribution in [0, 0.1) is 0 Å². The highest BCUT2D eigenvalue weighted by Gasteiger charge is 2.24. The van der Waals surface area contributed by atoms with E-state index in [9.17, 15) is 4.57 Å². The number of rotatable bonds is 5. The van der Waals surface area contributed by atoms with Crippen molar-refractivity contribution in [3.8, 4) is 5.75 Å². The molecule has 0 saturated carbocycles. The van der Waals surface area contributed by atoms with Crippen LogP contribution in [-0.4, -0.2) is 16.9 Å². The van der Waals surface area contributed by atoms with Gasteiger partial charge in [0.25, 0.3) is 0 Å². The van der Waals surface area contributed by atoms with Crippen molar-refractivity contribution in [2.75, 3.05) is 7.11 Å². The maximum absolute atomic E-state index is 11.0. The Morgan fingerprint density at radius 1 is 1.44 bits per heavy atom. The summed E-state index contributed by atoms with van der Waals surface area (Å²) in [6.45, 7) is -2.18. The zero-order chi connectivity index (χ0) is 12.2. The Kier molecular flexibility index (Phi) is 4.87. The Labute approximate surface area is 98.9 Å².